The largest absolute Gasteiger partial charge is 0.366 e. The van der Waals surface area contributed by atoms with E-state index in [1.54, 1.807) is 0 Å². The van der Waals surface area contributed by atoms with Gasteiger partial charge in [-0.3, -0.25) is 5.32 Å². The molecule has 0 radical (unpaired) electrons. The van der Waals surface area contributed by atoms with Gasteiger partial charge in [0.05, 0.1) is 11.0 Å². The molecule has 0 bridgehead atoms. The van der Waals surface area contributed by atoms with Crippen LogP contribution in [-0.2, 0) is 0 Å². The minimum atomic E-state index is 0.138. The summed E-state index contributed by atoms with van der Waals surface area (Å²) in [4.78, 5) is 0. The van der Waals surface area contributed by atoms with Crippen molar-refractivity contribution in [2.45, 2.75) is 6.17 Å². The number of para-hydroxylation sites is 2. The van der Waals surface area contributed by atoms with E-state index in [0.29, 0.717) is 0 Å². The molecule has 202 valence electrons. The maximum absolute atomic E-state index is 3.81. The van der Waals surface area contributed by atoms with Crippen molar-refractivity contribution < 1.29 is 0 Å². The summed E-state index contributed by atoms with van der Waals surface area (Å²) in [5.41, 5.74) is 11.5. The summed E-state index contributed by atoms with van der Waals surface area (Å²) in [6.07, 6.45) is 8.85. The first-order valence-corrected chi connectivity index (χ1v) is 14.5. The van der Waals surface area contributed by atoms with E-state index in [1.807, 2.05) is 0 Å². The van der Waals surface area contributed by atoms with Crippen LogP contribution in [-0.4, -0.2) is 17.3 Å². The molecular weight excluding hydrogens is 512 g/mol. The summed E-state index contributed by atoms with van der Waals surface area (Å²) in [5, 5.41) is 13.5. The lowest BCUT2D eigenvalue weighted by molar-refractivity contribution is 0.559. The molecule has 1 aromatic heterocycles. The lowest BCUT2D eigenvalue weighted by atomic mass is 9.99. The molecular formula is C38H30N4. The number of allylic oxidation sites excluding steroid dienone is 2. The van der Waals surface area contributed by atoms with Gasteiger partial charge in [0.2, 0.25) is 0 Å². The van der Waals surface area contributed by atoms with E-state index in [-0.39, 0.29) is 6.17 Å². The van der Waals surface area contributed by atoms with Crippen LogP contribution in [0.5, 0.6) is 0 Å². The molecule has 5 aromatic carbocycles. The fourth-order valence-electron chi connectivity index (χ4n) is 6.19. The quantitative estimate of drug-likeness (QED) is 0.204. The van der Waals surface area contributed by atoms with Crippen LogP contribution >= 0.6 is 0 Å². The van der Waals surface area contributed by atoms with E-state index in [0.717, 1.165) is 34.9 Å². The highest BCUT2D eigenvalue weighted by atomic mass is 15.1. The van der Waals surface area contributed by atoms with Gasteiger partial charge in [-0.25, -0.2) is 0 Å². The number of rotatable bonds is 5. The summed E-state index contributed by atoms with van der Waals surface area (Å²) < 4.78 is 2.37. The average molecular weight is 543 g/mol. The molecule has 3 N–H and O–H groups in total. The van der Waals surface area contributed by atoms with Gasteiger partial charge in [0.15, 0.2) is 0 Å². The zero-order chi connectivity index (χ0) is 27.9. The Morgan fingerprint density at radius 3 is 2.33 bits per heavy atom. The molecule has 1 unspecified atom stereocenters. The van der Waals surface area contributed by atoms with Gasteiger partial charge in [-0.2, -0.15) is 0 Å². The smallest absolute Gasteiger partial charge is 0.103 e. The third-order valence-electron chi connectivity index (χ3n) is 8.19. The second-order valence-electron chi connectivity index (χ2n) is 10.8. The van der Waals surface area contributed by atoms with Gasteiger partial charge in [0.1, 0.15) is 6.17 Å². The molecule has 2 aliphatic heterocycles. The van der Waals surface area contributed by atoms with Crippen molar-refractivity contribution in [2.24, 2.45) is 0 Å². The fourth-order valence-corrected chi connectivity index (χ4v) is 6.19. The Kier molecular flexibility index (Phi) is 5.98. The highest BCUT2D eigenvalue weighted by Gasteiger charge is 2.20. The predicted molar refractivity (Wildman–Crippen MR) is 176 cm³/mol. The number of nitrogens with one attached hydrogen (secondary N) is 3. The van der Waals surface area contributed by atoms with Gasteiger partial charge in [0, 0.05) is 45.6 Å². The van der Waals surface area contributed by atoms with E-state index in [1.165, 1.54) is 38.5 Å². The van der Waals surface area contributed by atoms with Crippen molar-refractivity contribution >= 4 is 38.9 Å². The summed E-state index contributed by atoms with van der Waals surface area (Å²) in [7, 11) is 0. The number of benzene rings is 5. The number of dihydropyridines is 1. The lowest BCUT2D eigenvalue weighted by Crippen LogP contribution is -2.45. The standard InChI is InChI=1S/C38H30N4/c1-3-11-26(12-4-1)32-24-33-31-18-7-8-19-36(31)42(30-16-5-2-6-17-30)37(33)25-35(32)40-29-15-9-13-28(23-29)34-21-20-27-14-10-22-39-38(27)41-34/h1-21,23-25,38-41H,22H2. The average Bonchev–Trinajstić information content (AvgIpc) is 3.38. The fraction of sp³-hybridized carbons (Fsp3) is 0.0526. The van der Waals surface area contributed by atoms with Crippen molar-refractivity contribution in [3.05, 3.63) is 157 Å². The molecule has 1 atom stereocenters. The van der Waals surface area contributed by atoms with Crippen molar-refractivity contribution in [1.29, 1.82) is 0 Å². The Labute approximate surface area is 245 Å². The van der Waals surface area contributed by atoms with Crippen molar-refractivity contribution in [3.63, 3.8) is 0 Å². The van der Waals surface area contributed by atoms with Gasteiger partial charge in [-0.1, -0.05) is 97.1 Å². The number of hydrogen-bond acceptors (Lipinski definition) is 3. The van der Waals surface area contributed by atoms with Gasteiger partial charge in [-0.05, 0) is 65.2 Å². The number of hydrogen-bond donors (Lipinski definition) is 3. The van der Waals surface area contributed by atoms with Crippen LogP contribution in [0, 0.1) is 0 Å². The van der Waals surface area contributed by atoms with Crippen LogP contribution in [0.1, 0.15) is 5.56 Å². The predicted octanol–water partition coefficient (Wildman–Crippen LogP) is 8.55. The first kappa shape index (κ1) is 24.5. The van der Waals surface area contributed by atoms with Crippen LogP contribution in [0.15, 0.2) is 151 Å². The van der Waals surface area contributed by atoms with Crippen LogP contribution in [0.25, 0.3) is 44.3 Å². The molecule has 0 fully saturated rings. The van der Waals surface area contributed by atoms with Gasteiger partial charge in [-0.15, -0.1) is 0 Å². The number of nitrogens with zero attached hydrogens (tertiary/aromatic N) is 1. The Morgan fingerprint density at radius 1 is 0.667 bits per heavy atom. The molecule has 0 saturated carbocycles. The molecule has 4 nitrogen and oxygen atoms in total. The normalized spacial score (nSPS) is 16.0. The maximum atomic E-state index is 3.81. The Hall–Kier alpha value is -5.32. The number of aromatic nitrogens is 1. The van der Waals surface area contributed by atoms with E-state index < -0.39 is 0 Å². The Balaban J connectivity index is 1.28. The molecule has 0 spiro atoms. The van der Waals surface area contributed by atoms with Gasteiger partial charge >= 0.3 is 0 Å². The minimum Gasteiger partial charge on any atom is -0.366 e. The van der Waals surface area contributed by atoms with E-state index in [9.17, 15) is 0 Å². The highest BCUT2D eigenvalue weighted by molar-refractivity contribution is 6.12. The van der Waals surface area contributed by atoms with Gasteiger partial charge < -0.3 is 15.2 Å². The third-order valence-corrected chi connectivity index (χ3v) is 8.19. The summed E-state index contributed by atoms with van der Waals surface area (Å²) in [6, 6.07) is 43.3. The van der Waals surface area contributed by atoms with Crippen molar-refractivity contribution in [3.8, 4) is 16.8 Å². The lowest BCUT2D eigenvalue weighted by Gasteiger charge is -2.29. The zero-order valence-electron chi connectivity index (χ0n) is 23.1. The van der Waals surface area contributed by atoms with Crippen LogP contribution in [0.4, 0.5) is 11.4 Å². The first-order valence-electron chi connectivity index (χ1n) is 14.5. The molecule has 2 aliphatic rings. The number of fused-ring (bicyclic) bond motifs is 4. The second-order valence-corrected chi connectivity index (χ2v) is 10.8. The summed E-state index contributed by atoms with van der Waals surface area (Å²) in [6.45, 7) is 0.869. The van der Waals surface area contributed by atoms with Crippen LogP contribution in [0.2, 0.25) is 0 Å². The van der Waals surface area contributed by atoms with Crippen LogP contribution in [0.3, 0.4) is 0 Å². The molecule has 0 amide bonds. The molecule has 42 heavy (non-hydrogen) atoms. The summed E-state index contributed by atoms with van der Waals surface area (Å²) in [5.74, 6) is 0. The molecule has 4 heteroatoms. The Morgan fingerprint density at radius 2 is 1.45 bits per heavy atom. The van der Waals surface area contributed by atoms with E-state index in [2.05, 4.69) is 166 Å². The maximum Gasteiger partial charge on any atom is 0.103 e. The van der Waals surface area contributed by atoms with Gasteiger partial charge in [0.25, 0.3) is 0 Å². The molecule has 0 saturated heterocycles. The topological polar surface area (TPSA) is 41.0 Å². The second kappa shape index (κ2) is 10.3. The number of anilines is 2. The summed E-state index contributed by atoms with van der Waals surface area (Å²) >= 11 is 0. The minimum absolute atomic E-state index is 0.138. The van der Waals surface area contributed by atoms with Crippen molar-refractivity contribution in [2.75, 3.05) is 11.9 Å². The zero-order valence-corrected chi connectivity index (χ0v) is 23.1. The monoisotopic (exact) mass is 542 g/mol. The molecule has 3 heterocycles. The van der Waals surface area contributed by atoms with E-state index >= 15 is 0 Å². The van der Waals surface area contributed by atoms with Crippen molar-refractivity contribution in [1.82, 2.24) is 15.2 Å². The molecule has 6 aromatic rings. The SMILES string of the molecule is C1=CC2=CC=C(c3cccc(Nc4cc5c(cc4-c4ccccc4)c4ccccc4n5-c4ccccc4)c3)NC2NC1. The molecule has 0 aliphatic carbocycles. The van der Waals surface area contributed by atoms with E-state index in [4.69, 9.17) is 0 Å². The highest BCUT2D eigenvalue weighted by Crippen LogP contribution is 2.40. The van der Waals surface area contributed by atoms with Crippen LogP contribution < -0.4 is 16.0 Å². The third kappa shape index (κ3) is 4.30. The molecule has 8 rings (SSSR count). The first-order chi connectivity index (χ1) is 20.8. The Bertz CT molecular complexity index is 2030.